The molecule has 0 aliphatic carbocycles. The van der Waals surface area contributed by atoms with Gasteiger partial charge in [-0.15, -0.1) is 0 Å². The highest BCUT2D eigenvalue weighted by molar-refractivity contribution is 5.78. The molecule has 0 aliphatic heterocycles. The van der Waals surface area contributed by atoms with Crippen molar-refractivity contribution < 1.29 is 0 Å². The van der Waals surface area contributed by atoms with Crippen LogP contribution in [0.25, 0.3) is 6.08 Å². The predicted molar refractivity (Wildman–Crippen MR) is 105 cm³/mol. The van der Waals surface area contributed by atoms with E-state index in [9.17, 15) is 0 Å². The van der Waals surface area contributed by atoms with Gasteiger partial charge in [-0.3, -0.25) is 0 Å². The summed E-state index contributed by atoms with van der Waals surface area (Å²) < 4.78 is 0. The molecule has 0 unspecified atom stereocenters. The Bertz CT molecular complexity index is 408. The monoisotopic (exact) mass is 317 g/mol. The number of anilines is 2. The SMILES string of the molecule is CCCCCCNc1cccc(NCCCCCC)c1/C=C/N. The van der Waals surface area contributed by atoms with Crippen molar-refractivity contribution >= 4 is 17.5 Å². The third-order valence-electron chi connectivity index (χ3n) is 4.06. The third kappa shape index (κ3) is 7.96. The summed E-state index contributed by atoms with van der Waals surface area (Å²) in [6, 6.07) is 6.38. The number of benzene rings is 1. The zero-order chi connectivity index (χ0) is 16.8. The van der Waals surface area contributed by atoms with Crippen molar-refractivity contribution in [1.29, 1.82) is 0 Å². The Hall–Kier alpha value is -1.64. The maximum Gasteiger partial charge on any atom is 0.0435 e. The highest BCUT2D eigenvalue weighted by atomic mass is 14.9. The lowest BCUT2D eigenvalue weighted by Crippen LogP contribution is -2.07. The molecular formula is C20H35N3. The second-order valence-corrected chi connectivity index (χ2v) is 6.10. The van der Waals surface area contributed by atoms with Gasteiger partial charge >= 0.3 is 0 Å². The molecule has 0 saturated carbocycles. The summed E-state index contributed by atoms with van der Waals surface area (Å²) in [7, 11) is 0. The third-order valence-corrected chi connectivity index (χ3v) is 4.06. The highest BCUT2D eigenvalue weighted by Gasteiger charge is 2.05. The normalized spacial score (nSPS) is 11.0. The molecule has 3 heteroatoms. The summed E-state index contributed by atoms with van der Waals surface area (Å²) in [5, 5.41) is 7.12. The molecule has 0 spiro atoms. The molecule has 0 amide bonds. The molecule has 130 valence electrons. The largest absolute Gasteiger partial charge is 0.405 e. The van der Waals surface area contributed by atoms with Gasteiger partial charge in [-0.1, -0.05) is 58.4 Å². The number of nitrogens with two attached hydrogens (primary N) is 1. The molecule has 1 aromatic carbocycles. The quantitative estimate of drug-likeness (QED) is 0.415. The molecule has 1 rings (SSSR count). The van der Waals surface area contributed by atoms with Gasteiger partial charge in [-0.05, 0) is 37.3 Å². The number of hydrogen-bond donors (Lipinski definition) is 3. The van der Waals surface area contributed by atoms with Gasteiger partial charge in [0.2, 0.25) is 0 Å². The van der Waals surface area contributed by atoms with Crippen molar-refractivity contribution in [3.05, 3.63) is 30.0 Å². The van der Waals surface area contributed by atoms with Gasteiger partial charge in [0, 0.05) is 30.0 Å². The highest BCUT2D eigenvalue weighted by Crippen LogP contribution is 2.26. The average molecular weight is 318 g/mol. The number of nitrogens with one attached hydrogen (secondary N) is 2. The number of hydrogen-bond acceptors (Lipinski definition) is 3. The van der Waals surface area contributed by atoms with Crippen molar-refractivity contribution in [3.8, 4) is 0 Å². The van der Waals surface area contributed by atoms with Gasteiger partial charge in [-0.2, -0.15) is 0 Å². The minimum atomic E-state index is 1.02. The molecule has 0 bridgehead atoms. The Balaban J connectivity index is 2.58. The van der Waals surface area contributed by atoms with Gasteiger partial charge < -0.3 is 16.4 Å². The van der Waals surface area contributed by atoms with Crippen LogP contribution in [0.1, 0.15) is 70.8 Å². The van der Waals surface area contributed by atoms with E-state index in [1.807, 2.05) is 6.08 Å². The van der Waals surface area contributed by atoms with Crippen LogP contribution in [0.4, 0.5) is 11.4 Å². The summed E-state index contributed by atoms with van der Waals surface area (Å²) >= 11 is 0. The first-order chi connectivity index (χ1) is 11.3. The molecule has 0 saturated heterocycles. The van der Waals surface area contributed by atoms with Crippen LogP contribution in [-0.4, -0.2) is 13.1 Å². The maximum absolute atomic E-state index is 5.65. The van der Waals surface area contributed by atoms with E-state index < -0.39 is 0 Å². The van der Waals surface area contributed by atoms with E-state index >= 15 is 0 Å². The van der Waals surface area contributed by atoms with Gasteiger partial charge in [0.1, 0.15) is 0 Å². The molecule has 0 heterocycles. The van der Waals surface area contributed by atoms with Crippen LogP contribution in [0, 0.1) is 0 Å². The van der Waals surface area contributed by atoms with E-state index in [1.54, 1.807) is 6.20 Å². The van der Waals surface area contributed by atoms with Crippen molar-refractivity contribution in [2.45, 2.75) is 65.2 Å². The molecule has 0 radical (unpaired) electrons. The Morgan fingerprint density at radius 3 is 1.78 bits per heavy atom. The van der Waals surface area contributed by atoms with Crippen LogP contribution in [0.3, 0.4) is 0 Å². The standard InChI is InChI=1S/C20H35N3/c1-3-5-7-9-16-22-19-12-11-13-20(18(19)14-15-21)23-17-10-8-6-4-2/h11-15,22-23H,3-10,16-17,21H2,1-2H3/b15-14+. The minimum Gasteiger partial charge on any atom is -0.405 e. The van der Waals surface area contributed by atoms with Crippen molar-refractivity contribution in [2.24, 2.45) is 5.73 Å². The fraction of sp³-hybridized carbons (Fsp3) is 0.600. The van der Waals surface area contributed by atoms with Gasteiger partial charge in [-0.25, -0.2) is 0 Å². The summed E-state index contributed by atoms with van der Waals surface area (Å²) in [5.41, 5.74) is 9.16. The van der Waals surface area contributed by atoms with E-state index in [0.717, 1.165) is 13.1 Å². The van der Waals surface area contributed by atoms with E-state index in [2.05, 4.69) is 42.7 Å². The number of unbranched alkanes of at least 4 members (excludes halogenated alkanes) is 6. The Kier molecular flexibility index (Phi) is 10.9. The lowest BCUT2D eigenvalue weighted by molar-refractivity contribution is 0.684. The van der Waals surface area contributed by atoms with Crippen LogP contribution >= 0.6 is 0 Å². The van der Waals surface area contributed by atoms with E-state index in [0.29, 0.717) is 0 Å². The maximum atomic E-state index is 5.65. The molecule has 23 heavy (non-hydrogen) atoms. The fourth-order valence-electron chi connectivity index (χ4n) is 2.70. The average Bonchev–Trinajstić information content (AvgIpc) is 2.56. The van der Waals surface area contributed by atoms with E-state index in [1.165, 1.54) is 68.3 Å². The van der Waals surface area contributed by atoms with Crippen LogP contribution in [0.2, 0.25) is 0 Å². The molecule has 1 aromatic rings. The molecule has 4 N–H and O–H groups in total. The van der Waals surface area contributed by atoms with Gasteiger partial charge in [0.15, 0.2) is 0 Å². The van der Waals surface area contributed by atoms with E-state index in [4.69, 9.17) is 5.73 Å². The first kappa shape index (κ1) is 19.4. The summed E-state index contributed by atoms with van der Waals surface area (Å²) in [6.07, 6.45) is 13.8. The van der Waals surface area contributed by atoms with Crippen molar-refractivity contribution in [1.82, 2.24) is 0 Å². The van der Waals surface area contributed by atoms with Crippen molar-refractivity contribution in [2.75, 3.05) is 23.7 Å². The molecule has 3 nitrogen and oxygen atoms in total. The molecule has 0 atom stereocenters. The van der Waals surface area contributed by atoms with E-state index in [-0.39, 0.29) is 0 Å². The zero-order valence-electron chi connectivity index (χ0n) is 15.0. The predicted octanol–water partition coefficient (Wildman–Crippen LogP) is 5.60. The van der Waals surface area contributed by atoms with Crippen molar-refractivity contribution in [3.63, 3.8) is 0 Å². The second kappa shape index (κ2) is 12.9. The van der Waals surface area contributed by atoms with Crippen LogP contribution < -0.4 is 16.4 Å². The lowest BCUT2D eigenvalue weighted by atomic mass is 10.1. The second-order valence-electron chi connectivity index (χ2n) is 6.10. The van der Waals surface area contributed by atoms with Gasteiger partial charge in [0.05, 0.1) is 0 Å². The lowest BCUT2D eigenvalue weighted by Gasteiger charge is -2.15. The Morgan fingerprint density at radius 2 is 1.35 bits per heavy atom. The molecule has 0 aliphatic rings. The molecule has 0 aromatic heterocycles. The molecule has 0 fully saturated rings. The fourth-order valence-corrected chi connectivity index (χ4v) is 2.70. The van der Waals surface area contributed by atoms with Crippen LogP contribution in [0.15, 0.2) is 24.4 Å². The van der Waals surface area contributed by atoms with Crippen LogP contribution in [0.5, 0.6) is 0 Å². The first-order valence-corrected chi connectivity index (χ1v) is 9.32. The Morgan fingerprint density at radius 1 is 0.826 bits per heavy atom. The summed E-state index contributed by atoms with van der Waals surface area (Å²) in [5.74, 6) is 0. The molecular weight excluding hydrogens is 282 g/mol. The first-order valence-electron chi connectivity index (χ1n) is 9.32. The zero-order valence-corrected chi connectivity index (χ0v) is 15.0. The Labute approximate surface area is 142 Å². The van der Waals surface area contributed by atoms with Gasteiger partial charge in [0.25, 0.3) is 0 Å². The van der Waals surface area contributed by atoms with Crippen LogP contribution in [-0.2, 0) is 0 Å². The minimum absolute atomic E-state index is 1.02. The number of rotatable bonds is 13. The smallest absolute Gasteiger partial charge is 0.0435 e. The topological polar surface area (TPSA) is 50.1 Å². The summed E-state index contributed by atoms with van der Waals surface area (Å²) in [4.78, 5) is 0. The summed E-state index contributed by atoms with van der Waals surface area (Å²) in [6.45, 7) is 6.52.